The predicted octanol–water partition coefficient (Wildman–Crippen LogP) is 3.01. The summed E-state index contributed by atoms with van der Waals surface area (Å²) in [5.74, 6) is 0. The van der Waals surface area contributed by atoms with Crippen LogP contribution < -0.4 is 10.7 Å². The number of halogens is 1. The van der Waals surface area contributed by atoms with Crippen LogP contribution in [0.5, 0.6) is 0 Å². The van der Waals surface area contributed by atoms with Crippen molar-refractivity contribution in [2.75, 3.05) is 6.54 Å². The van der Waals surface area contributed by atoms with Crippen LogP contribution in [0.4, 0.5) is 0 Å². The number of thiocarbonyl (C=S) groups is 1. The van der Waals surface area contributed by atoms with Gasteiger partial charge in [0, 0.05) is 17.5 Å². The Balaban J connectivity index is 2.22. The minimum atomic E-state index is 0.419. The van der Waals surface area contributed by atoms with E-state index in [1.54, 1.807) is 6.21 Å². The third-order valence-corrected chi connectivity index (χ3v) is 3.20. The van der Waals surface area contributed by atoms with E-state index in [4.69, 9.17) is 23.8 Å². The van der Waals surface area contributed by atoms with Gasteiger partial charge in [-0.05, 0) is 43.8 Å². The number of hydrazone groups is 1. The Labute approximate surface area is 128 Å². The van der Waals surface area contributed by atoms with Crippen molar-refractivity contribution in [3.63, 3.8) is 0 Å². The van der Waals surface area contributed by atoms with Crippen molar-refractivity contribution >= 4 is 46.0 Å². The molecule has 2 aromatic rings. The first-order valence-corrected chi connectivity index (χ1v) is 7.02. The number of aryl methyl sites for hydroxylation is 1. The highest BCUT2D eigenvalue weighted by Crippen LogP contribution is 2.20. The molecule has 1 aromatic heterocycles. The lowest BCUT2D eigenvalue weighted by Crippen LogP contribution is -2.31. The van der Waals surface area contributed by atoms with Gasteiger partial charge < -0.3 is 5.32 Å². The first kappa shape index (κ1) is 14.7. The molecule has 2 rings (SSSR count). The van der Waals surface area contributed by atoms with Gasteiger partial charge in [0.05, 0.1) is 11.7 Å². The summed E-state index contributed by atoms with van der Waals surface area (Å²) < 4.78 is 0. The second-order valence-corrected chi connectivity index (χ2v) is 5.06. The smallest absolute Gasteiger partial charge is 0.186 e. The molecule has 0 atom stereocenters. The minimum Gasteiger partial charge on any atom is -0.362 e. The SMILES string of the molecule is CCNC(=S)N/N=C\c1cc2ccc(C)cc2nc1Cl. The first-order chi connectivity index (χ1) is 9.60. The van der Waals surface area contributed by atoms with E-state index in [2.05, 4.69) is 20.8 Å². The molecule has 0 amide bonds. The molecule has 1 heterocycles. The van der Waals surface area contributed by atoms with Gasteiger partial charge in [-0.2, -0.15) is 5.10 Å². The van der Waals surface area contributed by atoms with Gasteiger partial charge in [0.15, 0.2) is 5.11 Å². The maximum atomic E-state index is 6.15. The van der Waals surface area contributed by atoms with Gasteiger partial charge >= 0.3 is 0 Å². The van der Waals surface area contributed by atoms with Crippen LogP contribution in [0.15, 0.2) is 29.4 Å². The van der Waals surface area contributed by atoms with Crippen molar-refractivity contribution < 1.29 is 0 Å². The van der Waals surface area contributed by atoms with Crippen molar-refractivity contribution in [3.8, 4) is 0 Å². The van der Waals surface area contributed by atoms with E-state index in [0.717, 1.165) is 28.6 Å². The zero-order valence-electron chi connectivity index (χ0n) is 11.3. The fourth-order valence-corrected chi connectivity index (χ4v) is 2.11. The molecule has 0 aliphatic heterocycles. The molecule has 0 fully saturated rings. The van der Waals surface area contributed by atoms with Crippen LogP contribution in [0.25, 0.3) is 10.9 Å². The van der Waals surface area contributed by atoms with Crippen LogP contribution >= 0.6 is 23.8 Å². The van der Waals surface area contributed by atoms with Crippen LogP contribution in [0.3, 0.4) is 0 Å². The number of aromatic nitrogens is 1. The van der Waals surface area contributed by atoms with Crippen molar-refractivity contribution in [2.45, 2.75) is 13.8 Å². The standard InChI is InChI=1S/C14H15ClN4S/c1-3-16-14(20)19-17-8-11-7-10-5-4-9(2)6-12(10)18-13(11)15/h4-8H,3H2,1-2H3,(H2,16,19,20)/b17-8-. The highest BCUT2D eigenvalue weighted by atomic mass is 35.5. The van der Waals surface area contributed by atoms with Gasteiger partial charge in [-0.25, -0.2) is 4.98 Å². The van der Waals surface area contributed by atoms with E-state index in [1.165, 1.54) is 0 Å². The highest BCUT2D eigenvalue weighted by Gasteiger charge is 2.03. The molecule has 0 unspecified atom stereocenters. The van der Waals surface area contributed by atoms with E-state index in [9.17, 15) is 0 Å². The second-order valence-electron chi connectivity index (χ2n) is 4.29. The first-order valence-electron chi connectivity index (χ1n) is 6.24. The Morgan fingerprint density at radius 3 is 3.00 bits per heavy atom. The number of pyridine rings is 1. The lowest BCUT2D eigenvalue weighted by molar-refractivity contribution is 0.904. The summed E-state index contributed by atoms with van der Waals surface area (Å²) in [7, 11) is 0. The van der Waals surface area contributed by atoms with Gasteiger partial charge in [0.1, 0.15) is 5.15 Å². The fourth-order valence-electron chi connectivity index (χ4n) is 1.72. The van der Waals surface area contributed by atoms with Gasteiger partial charge in [0.2, 0.25) is 0 Å². The van der Waals surface area contributed by atoms with Crippen LogP contribution in [0, 0.1) is 6.92 Å². The molecule has 4 nitrogen and oxygen atoms in total. The Bertz CT molecular complexity index is 670. The summed E-state index contributed by atoms with van der Waals surface area (Å²) in [6.07, 6.45) is 1.61. The molecule has 1 aromatic carbocycles. The molecular weight excluding hydrogens is 292 g/mol. The summed E-state index contributed by atoms with van der Waals surface area (Å²) in [6.45, 7) is 4.73. The molecule has 0 radical (unpaired) electrons. The van der Waals surface area contributed by atoms with E-state index in [-0.39, 0.29) is 0 Å². The average molecular weight is 307 g/mol. The van der Waals surface area contributed by atoms with E-state index >= 15 is 0 Å². The molecule has 6 heteroatoms. The topological polar surface area (TPSA) is 49.3 Å². The predicted molar refractivity (Wildman–Crippen MR) is 88.5 cm³/mol. The van der Waals surface area contributed by atoms with Crippen LogP contribution in [-0.2, 0) is 0 Å². The molecule has 0 bridgehead atoms. The van der Waals surface area contributed by atoms with E-state index in [1.807, 2.05) is 38.1 Å². The number of benzene rings is 1. The highest BCUT2D eigenvalue weighted by molar-refractivity contribution is 7.80. The average Bonchev–Trinajstić information content (AvgIpc) is 2.40. The van der Waals surface area contributed by atoms with Gasteiger partial charge in [0.25, 0.3) is 0 Å². The quantitative estimate of drug-likeness (QED) is 0.396. The number of hydrogen-bond donors (Lipinski definition) is 2. The zero-order chi connectivity index (χ0) is 14.5. The zero-order valence-corrected chi connectivity index (χ0v) is 12.8. The van der Waals surface area contributed by atoms with Gasteiger partial charge in [-0.3, -0.25) is 5.43 Å². The maximum absolute atomic E-state index is 6.15. The molecule has 0 saturated carbocycles. The Morgan fingerprint density at radius 1 is 1.45 bits per heavy atom. The molecule has 0 aliphatic carbocycles. The minimum absolute atomic E-state index is 0.419. The largest absolute Gasteiger partial charge is 0.362 e. The lowest BCUT2D eigenvalue weighted by Gasteiger charge is -2.04. The van der Waals surface area contributed by atoms with E-state index in [0.29, 0.717) is 10.3 Å². The van der Waals surface area contributed by atoms with Crippen LogP contribution in [0.1, 0.15) is 18.1 Å². The van der Waals surface area contributed by atoms with Crippen molar-refractivity contribution in [3.05, 3.63) is 40.5 Å². The van der Waals surface area contributed by atoms with Crippen LogP contribution in [-0.4, -0.2) is 22.9 Å². The maximum Gasteiger partial charge on any atom is 0.186 e. The summed E-state index contributed by atoms with van der Waals surface area (Å²) in [5, 5.41) is 8.90. The summed E-state index contributed by atoms with van der Waals surface area (Å²) >= 11 is 11.2. The normalized spacial score (nSPS) is 10.9. The van der Waals surface area contributed by atoms with E-state index < -0.39 is 0 Å². The lowest BCUT2D eigenvalue weighted by atomic mass is 10.1. The molecule has 0 saturated heterocycles. The third kappa shape index (κ3) is 3.65. The number of rotatable bonds is 3. The number of fused-ring (bicyclic) bond motifs is 1. The Morgan fingerprint density at radius 2 is 2.25 bits per heavy atom. The molecule has 104 valence electrons. The van der Waals surface area contributed by atoms with Gasteiger partial charge in [-0.15, -0.1) is 0 Å². The number of nitrogens with one attached hydrogen (secondary N) is 2. The Hall–Kier alpha value is -1.72. The molecule has 2 N–H and O–H groups in total. The third-order valence-electron chi connectivity index (χ3n) is 2.66. The monoisotopic (exact) mass is 306 g/mol. The molecule has 0 aliphatic rings. The van der Waals surface area contributed by atoms with Gasteiger partial charge in [-0.1, -0.05) is 23.7 Å². The molecular formula is C14H15ClN4S. The fraction of sp³-hybridized carbons (Fsp3) is 0.214. The summed E-state index contributed by atoms with van der Waals surface area (Å²) in [6, 6.07) is 8.01. The van der Waals surface area contributed by atoms with Crippen molar-refractivity contribution in [2.24, 2.45) is 5.10 Å². The molecule has 20 heavy (non-hydrogen) atoms. The van der Waals surface area contributed by atoms with Crippen molar-refractivity contribution in [1.29, 1.82) is 0 Å². The summed E-state index contributed by atoms with van der Waals surface area (Å²) in [5.41, 5.74) is 5.50. The van der Waals surface area contributed by atoms with Crippen LogP contribution in [0.2, 0.25) is 5.15 Å². The molecule has 0 spiro atoms. The summed E-state index contributed by atoms with van der Waals surface area (Å²) in [4.78, 5) is 4.37. The second kappa shape index (κ2) is 6.63. The number of hydrogen-bond acceptors (Lipinski definition) is 3. The Kier molecular flexibility index (Phi) is 4.87. The number of nitrogens with zero attached hydrogens (tertiary/aromatic N) is 2. The van der Waals surface area contributed by atoms with Crippen molar-refractivity contribution in [1.82, 2.24) is 15.7 Å².